The number of rotatable bonds is 5. The third-order valence-corrected chi connectivity index (χ3v) is 2.57. The van der Waals surface area contributed by atoms with Crippen molar-refractivity contribution >= 4 is 22.7 Å². The number of halogens is 1. The van der Waals surface area contributed by atoms with E-state index in [1.165, 1.54) is 30.3 Å². The van der Waals surface area contributed by atoms with Crippen LogP contribution in [-0.4, -0.2) is 9.85 Å². The van der Waals surface area contributed by atoms with Crippen molar-refractivity contribution in [3.05, 3.63) is 68.5 Å². The normalized spacial score (nSPS) is 9.95. The second-order valence-corrected chi connectivity index (χ2v) is 3.97. The first kappa shape index (κ1) is 14.2. The highest BCUT2D eigenvalue weighted by Crippen LogP contribution is 2.28. The lowest BCUT2D eigenvalue weighted by Crippen LogP contribution is -2.10. The fraction of sp³-hybridized carbons (Fsp3) is 0. The Kier molecular flexibility index (Phi) is 3.93. The number of hydrazine groups is 1. The standard InChI is InChI=1S/C12H9FN4O4/c13-8-1-3-9(4-2-8)14-15-11-6-5-10(16(18)19)7-12(11)17(20)21/h1-7,14-15H. The Balaban J connectivity index is 2.21. The molecule has 0 aliphatic heterocycles. The van der Waals surface area contributed by atoms with E-state index >= 15 is 0 Å². The lowest BCUT2D eigenvalue weighted by molar-refractivity contribution is -0.393. The van der Waals surface area contributed by atoms with Gasteiger partial charge in [-0.1, -0.05) is 0 Å². The zero-order chi connectivity index (χ0) is 15.4. The predicted molar refractivity (Wildman–Crippen MR) is 73.4 cm³/mol. The van der Waals surface area contributed by atoms with Crippen LogP contribution in [0.3, 0.4) is 0 Å². The summed E-state index contributed by atoms with van der Waals surface area (Å²) in [7, 11) is 0. The monoisotopic (exact) mass is 292 g/mol. The van der Waals surface area contributed by atoms with Crippen LogP contribution in [0.4, 0.5) is 27.1 Å². The van der Waals surface area contributed by atoms with Crippen LogP contribution >= 0.6 is 0 Å². The molecule has 8 nitrogen and oxygen atoms in total. The first-order valence-corrected chi connectivity index (χ1v) is 5.68. The quantitative estimate of drug-likeness (QED) is 0.647. The molecular weight excluding hydrogens is 283 g/mol. The van der Waals surface area contributed by atoms with Gasteiger partial charge in [0, 0.05) is 6.07 Å². The van der Waals surface area contributed by atoms with Gasteiger partial charge < -0.3 is 5.43 Å². The Morgan fingerprint density at radius 3 is 2.14 bits per heavy atom. The molecule has 0 saturated carbocycles. The second-order valence-electron chi connectivity index (χ2n) is 3.97. The smallest absolute Gasteiger partial charge is 0.300 e. The Hall–Kier alpha value is -3.23. The van der Waals surface area contributed by atoms with Gasteiger partial charge in [0.05, 0.1) is 21.6 Å². The third kappa shape index (κ3) is 3.41. The average molecular weight is 292 g/mol. The highest BCUT2D eigenvalue weighted by Gasteiger charge is 2.19. The fourth-order valence-corrected chi connectivity index (χ4v) is 1.56. The van der Waals surface area contributed by atoms with Crippen molar-refractivity contribution in [1.82, 2.24) is 0 Å². The summed E-state index contributed by atoms with van der Waals surface area (Å²) < 4.78 is 12.7. The van der Waals surface area contributed by atoms with Gasteiger partial charge >= 0.3 is 5.69 Å². The summed E-state index contributed by atoms with van der Waals surface area (Å²) in [5.41, 5.74) is 4.90. The Labute approximate surface area is 117 Å². The maximum absolute atomic E-state index is 12.7. The van der Waals surface area contributed by atoms with E-state index in [9.17, 15) is 24.6 Å². The van der Waals surface area contributed by atoms with Gasteiger partial charge in [-0.05, 0) is 30.3 Å². The van der Waals surface area contributed by atoms with Crippen LogP contribution in [0.5, 0.6) is 0 Å². The van der Waals surface area contributed by atoms with E-state index in [0.717, 1.165) is 12.1 Å². The van der Waals surface area contributed by atoms with Crippen LogP contribution in [0, 0.1) is 26.0 Å². The molecule has 2 rings (SSSR count). The van der Waals surface area contributed by atoms with Gasteiger partial charge in [0.25, 0.3) is 5.69 Å². The molecule has 0 aliphatic rings. The van der Waals surface area contributed by atoms with Crippen LogP contribution < -0.4 is 10.9 Å². The third-order valence-electron chi connectivity index (χ3n) is 2.57. The van der Waals surface area contributed by atoms with Crippen LogP contribution in [0.15, 0.2) is 42.5 Å². The topological polar surface area (TPSA) is 110 Å². The van der Waals surface area contributed by atoms with Crippen LogP contribution in [0.25, 0.3) is 0 Å². The summed E-state index contributed by atoms with van der Waals surface area (Å²) in [5, 5.41) is 21.5. The highest BCUT2D eigenvalue weighted by molar-refractivity contribution is 5.67. The Morgan fingerprint density at radius 1 is 0.905 bits per heavy atom. The summed E-state index contributed by atoms with van der Waals surface area (Å²) in [6.07, 6.45) is 0. The SMILES string of the molecule is O=[N+]([O-])c1ccc(NNc2ccc(F)cc2)c([N+](=O)[O-])c1. The molecule has 9 heteroatoms. The number of nitrogens with one attached hydrogen (secondary N) is 2. The second kappa shape index (κ2) is 5.82. The number of nitrogens with zero attached hydrogens (tertiary/aromatic N) is 2. The van der Waals surface area contributed by atoms with Crippen LogP contribution in [0.1, 0.15) is 0 Å². The number of nitro groups is 2. The predicted octanol–water partition coefficient (Wildman–Crippen LogP) is 3.08. The van der Waals surface area contributed by atoms with Crippen molar-refractivity contribution in [1.29, 1.82) is 0 Å². The van der Waals surface area contributed by atoms with Crippen molar-refractivity contribution in [2.75, 3.05) is 10.9 Å². The minimum Gasteiger partial charge on any atom is -0.301 e. The van der Waals surface area contributed by atoms with E-state index < -0.39 is 21.4 Å². The summed E-state index contributed by atoms with van der Waals surface area (Å²) in [6.45, 7) is 0. The first-order valence-electron chi connectivity index (χ1n) is 5.68. The Morgan fingerprint density at radius 2 is 1.57 bits per heavy atom. The molecule has 2 aromatic rings. The van der Waals surface area contributed by atoms with Crippen LogP contribution in [-0.2, 0) is 0 Å². The molecule has 2 aromatic carbocycles. The lowest BCUT2D eigenvalue weighted by Gasteiger charge is -2.09. The molecule has 0 aliphatic carbocycles. The van der Waals surface area contributed by atoms with Gasteiger partial charge in [-0.3, -0.25) is 25.7 Å². The first-order chi connectivity index (χ1) is 9.97. The Bertz CT molecular complexity index is 690. The average Bonchev–Trinajstić information content (AvgIpc) is 2.46. The highest BCUT2D eigenvalue weighted by atomic mass is 19.1. The van der Waals surface area contributed by atoms with Gasteiger partial charge in [0.2, 0.25) is 0 Å². The summed E-state index contributed by atoms with van der Waals surface area (Å²) in [5.74, 6) is -0.415. The molecule has 0 heterocycles. The number of benzene rings is 2. The number of hydrogen-bond donors (Lipinski definition) is 2. The summed E-state index contributed by atoms with van der Waals surface area (Å²) >= 11 is 0. The van der Waals surface area contributed by atoms with Gasteiger partial charge in [0.1, 0.15) is 11.5 Å². The molecule has 0 unspecified atom stereocenters. The molecule has 21 heavy (non-hydrogen) atoms. The molecule has 0 amide bonds. The van der Waals surface area contributed by atoms with E-state index in [1.807, 2.05) is 0 Å². The zero-order valence-electron chi connectivity index (χ0n) is 10.4. The van der Waals surface area contributed by atoms with Crippen molar-refractivity contribution in [2.45, 2.75) is 0 Å². The number of anilines is 2. The maximum atomic E-state index is 12.7. The van der Waals surface area contributed by atoms with Crippen molar-refractivity contribution in [3.63, 3.8) is 0 Å². The lowest BCUT2D eigenvalue weighted by atomic mass is 10.2. The molecule has 0 bridgehead atoms. The molecule has 0 aromatic heterocycles. The molecule has 0 radical (unpaired) electrons. The molecule has 0 fully saturated rings. The van der Waals surface area contributed by atoms with Crippen molar-refractivity contribution in [2.24, 2.45) is 0 Å². The van der Waals surface area contributed by atoms with Gasteiger partial charge in [-0.2, -0.15) is 0 Å². The van der Waals surface area contributed by atoms with Crippen molar-refractivity contribution < 1.29 is 14.2 Å². The number of non-ortho nitro benzene ring substituents is 1. The molecule has 2 N–H and O–H groups in total. The molecular formula is C12H9FN4O4. The molecule has 0 atom stereocenters. The molecule has 0 spiro atoms. The summed E-state index contributed by atoms with van der Waals surface area (Å²) in [6, 6.07) is 8.50. The van der Waals surface area contributed by atoms with Gasteiger partial charge in [-0.15, -0.1) is 0 Å². The van der Waals surface area contributed by atoms with Gasteiger partial charge in [-0.25, -0.2) is 4.39 Å². The van der Waals surface area contributed by atoms with Crippen molar-refractivity contribution in [3.8, 4) is 0 Å². The largest absolute Gasteiger partial charge is 0.301 e. The van der Waals surface area contributed by atoms with E-state index in [1.54, 1.807) is 0 Å². The van der Waals surface area contributed by atoms with E-state index in [0.29, 0.717) is 5.69 Å². The summed E-state index contributed by atoms with van der Waals surface area (Å²) in [4.78, 5) is 20.1. The maximum Gasteiger partial charge on any atom is 0.300 e. The minimum atomic E-state index is -0.734. The van der Waals surface area contributed by atoms with E-state index in [4.69, 9.17) is 0 Å². The number of hydrogen-bond acceptors (Lipinski definition) is 6. The van der Waals surface area contributed by atoms with E-state index in [-0.39, 0.29) is 11.4 Å². The number of nitro benzene ring substituents is 2. The molecule has 0 saturated heterocycles. The van der Waals surface area contributed by atoms with Crippen LogP contribution in [0.2, 0.25) is 0 Å². The minimum absolute atomic E-state index is 0.0509. The van der Waals surface area contributed by atoms with Gasteiger partial charge in [0.15, 0.2) is 0 Å². The fourth-order valence-electron chi connectivity index (χ4n) is 1.56. The zero-order valence-corrected chi connectivity index (χ0v) is 10.4. The molecule has 108 valence electrons. The van der Waals surface area contributed by atoms with E-state index in [2.05, 4.69) is 10.9 Å².